The van der Waals surface area contributed by atoms with Crippen LogP contribution in [0, 0.1) is 23.7 Å². The Balaban J connectivity index is 2.31. The molecule has 0 aliphatic heterocycles. The van der Waals surface area contributed by atoms with Crippen LogP contribution < -0.4 is 0 Å². The molecule has 90 valence electrons. The lowest BCUT2D eigenvalue weighted by atomic mass is 9.61. The molecule has 2 aliphatic rings. The van der Waals surface area contributed by atoms with Crippen molar-refractivity contribution in [2.24, 2.45) is 23.7 Å². The number of allylic oxidation sites excluding steroid dienone is 1. The normalized spacial score (nSPS) is 39.6. The van der Waals surface area contributed by atoms with E-state index in [4.69, 9.17) is 0 Å². The van der Waals surface area contributed by atoms with Crippen LogP contribution in [0.15, 0.2) is 23.8 Å². The number of aliphatic hydroxyl groups is 1. The van der Waals surface area contributed by atoms with Gasteiger partial charge in [0, 0.05) is 5.92 Å². The van der Waals surface area contributed by atoms with Crippen molar-refractivity contribution >= 4 is 0 Å². The van der Waals surface area contributed by atoms with Crippen LogP contribution in [0.25, 0.3) is 0 Å². The third kappa shape index (κ3) is 1.98. The van der Waals surface area contributed by atoms with Gasteiger partial charge in [0.05, 0.1) is 6.10 Å². The molecule has 16 heavy (non-hydrogen) atoms. The summed E-state index contributed by atoms with van der Waals surface area (Å²) in [7, 11) is 0. The van der Waals surface area contributed by atoms with Gasteiger partial charge >= 0.3 is 0 Å². The summed E-state index contributed by atoms with van der Waals surface area (Å²) in [5.74, 6) is 2.28. The lowest BCUT2D eigenvalue weighted by Gasteiger charge is -2.45. The molecule has 0 saturated heterocycles. The van der Waals surface area contributed by atoms with Crippen LogP contribution in [-0.2, 0) is 0 Å². The number of hydrogen-bond donors (Lipinski definition) is 1. The molecule has 0 spiro atoms. The van der Waals surface area contributed by atoms with Crippen LogP contribution in [0.3, 0.4) is 0 Å². The first-order chi connectivity index (χ1) is 7.50. The molecule has 4 atom stereocenters. The van der Waals surface area contributed by atoms with Gasteiger partial charge in [-0.05, 0) is 43.9 Å². The van der Waals surface area contributed by atoms with Crippen LogP contribution >= 0.6 is 0 Å². The van der Waals surface area contributed by atoms with E-state index >= 15 is 0 Å². The van der Waals surface area contributed by atoms with Gasteiger partial charge in [0.15, 0.2) is 0 Å². The standard InChI is InChI=1S/C15H24O/c1-9(2)12-6-5-11(4)15-13(12)7-10(3)8-14(15)16/h7,9,12-16H,4-6,8H2,1-3H3/t12-,13-,14+,15-/m1/s1. The fourth-order valence-electron chi connectivity index (χ4n) is 3.64. The van der Waals surface area contributed by atoms with Crippen molar-refractivity contribution in [3.05, 3.63) is 23.8 Å². The molecule has 1 saturated carbocycles. The maximum absolute atomic E-state index is 10.2. The summed E-state index contributed by atoms with van der Waals surface area (Å²) in [5.41, 5.74) is 2.63. The number of fused-ring (bicyclic) bond motifs is 1. The van der Waals surface area contributed by atoms with Crippen LogP contribution in [-0.4, -0.2) is 11.2 Å². The number of hydrogen-bond acceptors (Lipinski definition) is 1. The molecule has 0 aromatic carbocycles. The Bertz CT molecular complexity index is 313. The van der Waals surface area contributed by atoms with Gasteiger partial charge in [-0.15, -0.1) is 0 Å². The Morgan fingerprint density at radius 2 is 2.12 bits per heavy atom. The van der Waals surface area contributed by atoms with Crippen molar-refractivity contribution in [3.63, 3.8) is 0 Å². The van der Waals surface area contributed by atoms with Gasteiger partial charge in [-0.2, -0.15) is 0 Å². The Morgan fingerprint density at radius 1 is 1.44 bits per heavy atom. The molecular formula is C15H24O. The van der Waals surface area contributed by atoms with Crippen molar-refractivity contribution in [3.8, 4) is 0 Å². The molecule has 2 aliphatic carbocycles. The van der Waals surface area contributed by atoms with Gasteiger partial charge in [0.2, 0.25) is 0 Å². The number of rotatable bonds is 1. The zero-order chi connectivity index (χ0) is 11.9. The van der Waals surface area contributed by atoms with Crippen LogP contribution in [0.4, 0.5) is 0 Å². The fourth-order valence-corrected chi connectivity index (χ4v) is 3.64. The second-order valence-corrected chi connectivity index (χ2v) is 5.99. The molecule has 1 heteroatoms. The molecule has 2 rings (SSSR count). The molecule has 0 radical (unpaired) electrons. The first-order valence-corrected chi connectivity index (χ1v) is 6.53. The molecule has 1 fully saturated rings. The van der Waals surface area contributed by atoms with E-state index in [2.05, 4.69) is 33.4 Å². The topological polar surface area (TPSA) is 20.2 Å². The monoisotopic (exact) mass is 220 g/mol. The van der Waals surface area contributed by atoms with Gasteiger partial charge in [-0.25, -0.2) is 0 Å². The minimum Gasteiger partial charge on any atom is -0.392 e. The van der Waals surface area contributed by atoms with Gasteiger partial charge in [0.1, 0.15) is 0 Å². The Morgan fingerprint density at radius 3 is 2.75 bits per heavy atom. The SMILES string of the molecule is C=C1CC[C@H](C(C)C)[C@H]2C=C(C)C[C@H](O)[C@H]12. The highest BCUT2D eigenvalue weighted by atomic mass is 16.3. The molecule has 0 heterocycles. The van der Waals surface area contributed by atoms with Crippen LogP contribution in [0.2, 0.25) is 0 Å². The summed E-state index contributed by atoms with van der Waals surface area (Å²) < 4.78 is 0. The third-order valence-electron chi connectivity index (χ3n) is 4.46. The van der Waals surface area contributed by atoms with Crippen molar-refractivity contribution < 1.29 is 5.11 Å². The molecule has 1 N–H and O–H groups in total. The average molecular weight is 220 g/mol. The summed E-state index contributed by atoms with van der Waals surface area (Å²) in [6.07, 6.45) is 5.41. The van der Waals surface area contributed by atoms with E-state index in [1.807, 2.05) is 0 Å². The second kappa shape index (κ2) is 4.37. The van der Waals surface area contributed by atoms with E-state index in [1.165, 1.54) is 17.6 Å². The van der Waals surface area contributed by atoms with Gasteiger partial charge in [0.25, 0.3) is 0 Å². The summed E-state index contributed by atoms with van der Waals surface area (Å²) in [6, 6.07) is 0. The van der Waals surface area contributed by atoms with E-state index in [0.717, 1.165) is 18.8 Å². The van der Waals surface area contributed by atoms with E-state index < -0.39 is 0 Å². The highest BCUT2D eigenvalue weighted by Gasteiger charge is 2.41. The Hall–Kier alpha value is -0.560. The van der Waals surface area contributed by atoms with E-state index in [1.54, 1.807) is 0 Å². The highest BCUT2D eigenvalue weighted by molar-refractivity contribution is 5.22. The quantitative estimate of drug-likeness (QED) is 0.670. The van der Waals surface area contributed by atoms with E-state index in [9.17, 15) is 5.11 Å². The minimum absolute atomic E-state index is 0.191. The van der Waals surface area contributed by atoms with Gasteiger partial charge in [-0.3, -0.25) is 0 Å². The van der Waals surface area contributed by atoms with Gasteiger partial charge in [-0.1, -0.05) is 37.6 Å². The number of aliphatic hydroxyl groups excluding tert-OH is 1. The summed E-state index contributed by atoms with van der Waals surface area (Å²) >= 11 is 0. The van der Waals surface area contributed by atoms with Crippen LogP contribution in [0.1, 0.15) is 40.0 Å². The molecule has 1 nitrogen and oxygen atoms in total. The third-order valence-corrected chi connectivity index (χ3v) is 4.46. The Kier molecular flexibility index (Phi) is 3.25. The van der Waals surface area contributed by atoms with Crippen molar-refractivity contribution in [2.75, 3.05) is 0 Å². The predicted octanol–water partition coefficient (Wildman–Crippen LogP) is 3.55. The molecule has 0 amide bonds. The smallest absolute Gasteiger partial charge is 0.0648 e. The molecular weight excluding hydrogens is 196 g/mol. The first-order valence-electron chi connectivity index (χ1n) is 6.53. The largest absolute Gasteiger partial charge is 0.392 e. The molecule has 0 aromatic heterocycles. The zero-order valence-corrected chi connectivity index (χ0v) is 10.7. The van der Waals surface area contributed by atoms with Crippen molar-refractivity contribution in [1.29, 1.82) is 0 Å². The Labute approximate surface area is 99.3 Å². The first kappa shape index (κ1) is 11.9. The highest BCUT2D eigenvalue weighted by Crippen LogP contribution is 2.47. The second-order valence-electron chi connectivity index (χ2n) is 5.99. The lowest BCUT2D eigenvalue weighted by Crippen LogP contribution is -2.40. The predicted molar refractivity (Wildman–Crippen MR) is 68.1 cm³/mol. The van der Waals surface area contributed by atoms with E-state index in [0.29, 0.717) is 17.8 Å². The summed E-state index contributed by atoms with van der Waals surface area (Å²) in [4.78, 5) is 0. The van der Waals surface area contributed by atoms with Crippen molar-refractivity contribution in [1.82, 2.24) is 0 Å². The lowest BCUT2D eigenvalue weighted by molar-refractivity contribution is 0.0502. The summed E-state index contributed by atoms with van der Waals surface area (Å²) in [5, 5.41) is 10.2. The molecule has 0 unspecified atom stereocenters. The maximum atomic E-state index is 10.2. The van der Waals surface area contributed by atoms with E-state index in [-0.39, 0.29) is 6.10 Å². The van der Waals surface area contributed by atoms with Crippen molar-refractivity contribution in [2.45, 2.75) is 46.1 Å². The van der Waals surface area contributed by atoms with Crippen LogP contribution in [0.5, 0.6) is 0 Å². The minimum atomic E-state index is -0.191. The maximum Gasteiger partial charge on any atom is 0.0648 e. The average Bonchev–Trinajstić information content (AvgIpc) is 2.15. The van der Waals surface area contributed by atoms with Gasteiger partial charge < -0.3 is 5.11 Å². The fraction of sp³-hybridized carbons (Fsp3) is 0.733. The zero-order valence-electron chi connectivity index (χ0n) is 10.7. The molecule has 0 bridgehead atoms. The molecule has 0 aromatic rings. The summed E-state index contributed by atoms with van der Waals surface area (Å²) in [6.45, 7) is 10.9.